The summed E-state index contributed by atoms with van der Waals surface area (Å²) >= 11 is 0. The van der Waals surface area contributed by atoms with Crippen LogP contribution in [0.4, 0.5) is 0 Å². The Kier molecular flexibility index (Phi) is 3.29. The molecule has 1 aliphatic heterocycles. The van der Waals surface area contributed by atoms with Crippen LogP contribution in [0.3, 0.4) is 0 Å². The zero-order valence-electron chi connectivity index (χ0n) is 10.5. The molecule has 3 rings (SSSR count). The molecule has 0 unspecified atom stereocenters. The highest BCUT2D eigenvalue weighted by molar-refractivity contribution is 5.72. The second kappa shape index (κ2) is 5.24. The Balaban J connectivity index is 1.81. The molecular formula is C16H15NO2. The first-order valence-electron chi connectivity index (χ1n) is 6.39. The molecule has 2 aromatic carbocycles. The fourth-order valence-electron chi connectivity index (χ4n) is 2.36. The summed E-state index contributed by atoms with van der Waals surface area (Å²) in [5, 5.41) is 1.77. The quantitative estimate of drug-likeness (QED) is 0.841. The number of carbonyl (C=O) groups excluding carboxylic acids is 1. The summed E-state index contributed by atoms with van der Waals surface area (Å²) in [5.41, 5.74) is 2.25. The van der Waals surface area contributed by atoms with Gasteiger partial charge in [0.15, 0.2) is 0 Å². The molecule has 3 nitrogen and oxygen atoms in total. The molecule has 0 saturated carbocycles. The molecule has 19 heavy (non-hydrogen) atoms. The average Bonchev–Trinajstić information content (AvgIpc) is 2.82. The van der Waals surface area contributed by atoms with Crippen molar-refractivity contribution in [2.75, 3.05) is 0 Å². The van der Waals surface area contributed by atoms with E-state index in [0.717, 1.165) is 11.1 Å². The van der Waals surface area contributed by atoms with Crippen LogP contribution in [0, 0.1) is 0 Å². The van der Waals surface area contributed by atoms with Crippen molar-refractivity contribution in [3.05, 3.63) is 71.8 Å². The number of nitrogens with zero attached hydrogens (tertiary/aromatic N) is 1. The highest BCUT2D eigenvalue weighted by Gasteiger charge is 2.33. The summed E-state index contributed by atoms with van der Waals surface area (Å²) in [4.78, 5) is 16.9. The first kappa shape index (κ1) is 11.9. The van der Waals surface area contributed by atoms with Gasteiger partial charge in [0.1, 0.15) is 0 Å². The molecule has 2 aromatic rings. The molecule has 1 saturated heterocycles. The lowest BCUT2D eigenvalue weighted by Gasteiger charge is -2.21. The zero-order chi connectivity index (χ0) is 13.1. The lowest BCUT2D eigenvalue weighted by molar-refractivity contribution is -0.178. The van der Waals surface area contributed by atoms with Crippen LogP contribution in [0.1, 0.15) is 23.6 Å². The minimum Gasteiger partial charge on any atom is -0.367 e. The first-order chi connectivity index (χ1) is 9.33. The summed E-state index contributed by atoms with van der Waals surface area (Å²) in [7, 11) is 0. The molecular weight excluding hydrogens is 238 g/mol. The molecule has 1 fully saturated rings. The van der Waals surface area contributed by atoms with Crippen LogP contribution in [0.2, 0.25) is 0 Å². The van der Waals surface area contributed by atoms with Gasteiger partial charge < -0.3 is 4.84 Å². The van der Waals surface area contributed by atoms with Crippen LogP contribution in [0.25, 0.3) is 0 Å². The molecule has 1 aliphatic rings. The minimum absolute atomic E-state index is 0.00825. The van der Waals surface area contributed by atoms with Gasteiger partial charge in [0.05, 0.1) is 19.0 Å². The number of rotatable bonds is 3. The largest absolute Gasteiger partial charge is 0.367 e. The maximum Gasteiger partial charge on any atom is 0.327 e. The van der Waals surface area contributed by atoms with Gasteiger partial charge in [0.2, 0.25) is 0 Å². The predicted octanol–water partition coefficient (Wildman–Crippen LogP) is 3.09. The van der Waals surface area contributed by atoms with Crippen LogP contribution in [-0.2, 0) is 16.2 Å². The summed E-state index contributed by atoms with van der Waals surface area (Å²) in [5.74, 6) is -0.162. The van der Waals surface area contributed by atoms with E-state index >= 15 is 0 Å². The van der Waals surface area contributed by atoms with Crippen LogP contribution in [0.15, 0.2) is 60.7 Å². The molecule has 0 spiro atoms. The Hall–Kier alpha value is -2.13. The van der Waals surface area contributed by atoms with E-state index in [0.29, 0.717) is 13.0 Å². The lowest BCUT2D eigenvalue weighted by atomic mass is 10.0. The molecule has 96 valence electrons. The van der Waals surface area contributed by atoms with E-state index in [-0.39, 0.29) is 12.0 Å². The van der Waals surface area contributed by atoms with Gasteiger partial charge in [-0.2, -0.15) is 0 Å². The van der Waals surface area contributed by atoms with E-state index in [1.54, 1.807) is 5.06 Å². The van der Waals surface area contributed by atoms with Crippen LogP contribution < -0.4 is 0 Å². The van der Waals surface area contributed by atoms with Crippen molar-refractivity contribution in [2.24, 2.45) is 0 Å². The van der Waals surface area contributed by atoms with Crippen LogP contribution in [-0.4, -0.2) is 11.0 Å². The Bertz CT molecular complexity index is 553. The van der Waals surface area contributed by atoms with E-state index in [2.05, 4.69) is 0 Å². The highest BCUT2D eigenvalue weighted by atomic mass is 16.7. The molecule has 3 heteroatoms. The smallest absolute Gasteiger partial charge is 0.327 e. The standard InChI is InChI=1S/C16H15NO2/c18-16-11-15(14-9-5-2-6-10-14)17(19-16)12-13-7-3-1-4-8-13/h1-10,15H,11-12H2/t15-/m1/s1. The van der Waals surface area contributed by atoms with Crippen molar-refractivity contribution in [1.82, 2.24) is 5.06 Å². The second-order valence-electron chi connectivity index (χ2n) is 4.65. The van der Waals surface area contributed by atoms with Crippen molar-refractivity contribution in [3.63, 3.8) is 0 Å². The molecule has 0 aliphatic carbocycles. The van der Waals surface area contributed by atoms with E-state index in [4.69, 9.17) is 4.84 Å². The molecule has 1 atom stereocenters. The van der Waals surface area contributed by atoms with E-state index in [1.807, 2.05) is 60.7 Å². The topological polar surface area (TPSA) is 29.5 Å². The summed E-state index contributed by atoms with van der Waals surface area (Å²) in [6.45, 7) is 0.617. The lowest BCUT2D eigenvalue weighted by Crippen LogP contribution is -2.21. The van der Waals surface area contributed by atoms with E-state index < -0.39 is 0 Å². The average molecular weight is 253 g/mol. The van der Waals surface area contributed by atoms with Gasteiger partial charge in [-0.25, -0.2) is 0 Å². The van der Waals surface area contributed by atoms with Gasteiger partial charge >= 0.3 is 5.97 Å². The fraction of sp³-hybridized carbons (Fsp3) is 0.188. The highest BCUT2D eigenvalue weighted by Crippen LogP contribution is 2.32. The minimum atomic E-state index is -0.162. The summed E-state index contributed by atoms with van der Waals surface area (Å²) in [6, 6.07) is 20.1. The SMILES string of the molecule is O=C1C[C@H](c2ccccc2)N(Cc2ccccc2)O1. The molecule has 0 amide bonds. The number of hydrogen-bond acceptors (Lipinski definition) is 3. The molecule has 0 N–H and O–H groups in total. The van der Waals surface area contributed by atoms with Crippen LogP contribution in [0.5, 0.6) is 0 Å². The summed E-state index contributed by atoms with van der Waals surface area (Å²) < 4.78 is 0. The van der Waals surface area contributed by atoms with Crippen LogP contribution >= 0.6 is 0 Å². The van der Waals surface area contributed by atoms with Crippen molar-refractivity contribution in [1.29, 1.82) is 0 Å². The fourth-order valence-corrected chi connectivity index (χ4v) is 2.36. The Labute approximate surface area is 112 Å². The Morgan fingerprint density at radius 1 is 1.00 bits per heavy atom. The van der Waals surface area contributed by atoms with Gasteiger partial charge in [-0.15, -0.1) is 5.06 Å². The number of benzene rings is 2. The number of hydroxylamine groups is 2. The number of hydrogen-bond donors (Lipinski definition) is 0. The van der Waals surface area contributed by atoms with Crippen molar-refractivity contribution in [3.8, 4) is 0 Å². The second-order valence-corrected chi connectivity index (χ2v) is 4.65. The van der Waals surface area contributed by atoms with Gasteiger partial charge in [0, 0.05) is 0 Å². The summed E-state index contributed by atoms with van der Waals surface area (Å²) in [6.07, 6.45) is 0.414. The van der Waals surface area contributed by atoms with Crippen molar-refractivity contribution >= 4 is 5.97 Å². The van der Waals surface area contributed by atoms with Gasteiger partial charge in [-0.05, 0) is 11.1 Å². The van der Waals surface area contributed by atoms with Crippen molar-refractivity contribution < 1.29 is 9.63 Å². The van der Waals surface area contributed by atoms with E-state index in [9.17, 15) is 4.79 Å². The first-order valence-corrected chi connectivity index (χ1v) is 6.39. The van der Waals surface area contributed by atoms with Gasteiger partial charge in [-0.3, -0.25) is 4.79 Å². The molecule has 1 heterocycles. The van der Waals surface area contributed by atoms with Gasteiger partial charge in [-0.1, -0.05) is 60.7 Å². The zero-order valence-corrected chi connectivity index (χ0v) is 10.5. The Morgan fingerprint density at radius 2 is 1.63 bits per heavy atom. The van der Waals surface area contributed by atoms with Crippen molar-refractivity contribution in [2.45, 2.75) is 19.0 Å². The molecule has 0 radical (unpaired) electrons. The van der Waals surface area contributed by atoms with E-state index in [1.165, 1.54) is 0 Å². The predicted molar refractivity (Wildman–Crippen MR) is 71.9 cm³/mol. The third kappa shape index (κ3) is 2.66. The third-order valence-corrected chi connectivity index (χ3v) is 3.29. The molecule has 0 aromatic heterocycles. The normalized spacial score (nSPS) is 19.4. The maximum absolute atomic E-state index is 11.6. The number of carbonyl (C=O) groups is 1. The third-order valence-electron chi connectivity index (χ3n) is 3.29. The van der Waals surface area contributed by atoms with Gasteiger partial charge in [0.25, 0.3) is 0 Å². The maximum atomic E-state index is 11.6. The molecule has 0 bridgehead atoms. The monoisotopic (exact) mass is 253 g/mol. The Morgan fingerprint density at radius 3 is 2.32 bits per heavy atom.